The Labute approximate surface area is 145 Å². The average molecular weight is 415 g/mol. The monoisotopic (exact) mass is 415 g/mol. The van der Waals surface area contributed by atoms with E-state index in [9.17, 15) is 9.59 Å². The van der Waals surface area contributed by atoms with Crippen molar-refractivity contribution in [1.29, 1.82) is 0 Å². The second-order valence-electron chi connectivity index (χ2n) is 5.71. The third-order valence-electron chi connectivity index (χ3n) is 3.84. The van der Waals surface area contributed by atoms with Gasteiger partial charge >= 0.3 is 0 Å². The molecule has 2 N–H and O–H groups in total. The Bertz CT molecular complexity index is 511. The summed E-state index contributed by atoms with van der Waals surface area (Å²) < 4.78 is 1.15. The molecule has 1 fully saturated rings. The lowest BCUT2D eigenvalue weighted by Gasteiger charge is -2.31. The first-order valence-electron chi connectivity index (χ1n) is 7.55. The molecule has 2 rings (SSSR count). The number of piperidine rings is 1. The highest BCUT2D eigenvalue weighted by atomic mass is 127. The summed E-state index contributed by atoms with van der Waals surface area (Å²) in [5, 5.41) is 5.80. The molecule has 0 radical (unpaired) electrons. The summed E-state index contributed by atoms with van der Waals surface area (Å²) in [6.07, 6.45) is 2.05. The van der Waals surface area contributed by atoms with E-state index in [1.165, 1.54) is 0 Å². The van der Waals surface area contributed by atoms with Crippen molar-refractivity contribution in [2.45, 2.75) is 19.8 Å². The molecule has 0 aromatic heterocycles. The first-order valence-corrected chi connectivity index (χ1v) is 8.63. The maximum absolute atomic E-state index is 12.1. The SMILES string of the molecule is CC(=O)NCC1CCN(CC(=O)Nc2ccc(I)cc2)CC1. The Morgan fingerprint density at radius 2 is 1.86 bits per heavy atom. The van der Waals surface area contributed by atoms with Crippen molar-refractivity contribution < 1.29 is 9.59 Å². The van der Waals surface area contributed by atoms with E-state index >= 15 is 0 Å². The molecule has 0 saturated carbocycles. The van der Waals surface area contributed by atoms with Crippen LogP contribution in [0.2, 0.25) is 0 Å². The van der Waals surface area contributed by atoms with Gasteiger partial charge in [0.15, 0.2) is 0 Å². The summed E-state index contributed by atoms with van der Waals surface area (Å²) in [5.74, 6) is 0.584. The zero-order valence-corrected chi connectivity index (χ0v) is 14.9. The lowest BCUT2D eigenvalue weighted by Crippen LogP contribution is -2.41. The topological polar surface area (TPSA) is 61.4 Å². The fourth-order valence-corrected chi connectivity index (χ4v) is 2.93. The molecule has 1 aliphatic heterocycles. The van der Waals surface area contributed by atoms with Crippen LogP contribution < -0.4 is 10.6 Å². The number of nitrogens with zero attached hydrogens (tertiary/aromatic N) is 1. The van der Waals surface area contributed by atoms with E-state index in [-0.39, 0.29) is 11.8 Å². The molecule has 6 heteroatoms. The molecule has 0 spiro atoms. The van der Waals surface area contributed by atoms with Crippen LogP contribution in [0, 0.1) is 9.49 Å². The standard InChI is InChI=1S/C16H22IN3O2/c1-12(21)18-10-13-6-8-20(9-7-13)11-16(22)19-15-4-2-14(17)3-5-15/h2-5,13H,6-11H2,1H3,(H,18,21)(H,19,22). The molecule has 0 unspecified atom stereocenters. The van der Waals surface area contributed by atoms with E-state index in [1.807, 2.05) is 24.3 Å². The number of nitrogens with one attached hydrogen (secondary N) is 2. The minimum absolute atomic E-state index is 0.0272. The fraction of sp³-hybridized carbons (Fsp3) is 0.500. The van der Waals surface area contributed by atoms with E-state index in [0.29, 0.717) is 12.5 Å². The Morgan fingerprint density at radius 1 is 1.23 bits per heavy atom. The second-order valence-corrected chi connectivity index (χ2v) is 6.96. The number of benzene rings is 1. The summed E-state index contributed by atoms with van der Waals surface area (Å²) in [4.78, 5) is 25.1. The van der Waals surface area contributed by atoms with Crippen molar-refractivity contribution in [3.05, 3.63) is 27.8 Å². The van der Waals surface area contributed by atoms with Crippen LogP contribution >= 0.6 is 22.6 Å². The van der Waals surface area contributed by atoms with Gasteiger partial charge in [0.25, 0.3) is 0 Å². The molecule has 0 aliphatic carbocycles. The van der Waals surface area contributed by atoms with Crippen molar-refractivity contribution in [1.82, 2.24) is 10.2 Å². The smallest absolute Gasteiger partial charge is 0.238 e. The van der Waals surface area contributed by atoms with Gasteiger partial charge in [0.1, 0.15) is 0 Å². The van der Waals surface area contributed by atoms with Gasteiger partial charge in [-0.05, 0) is 78.7 Å². The van der Waals surface area contributed by atoms with Crippen LogP contribution in [0.15, 0.2) is 24.3 Å². The molecule has 120 valence electrons. The van der Waals surface area contributed by atoms with Crippen LogP contribution in [0.1, 0.15) is 19.8 Å². The van der Waals surface area contributed by atoms with E-state index < -0.39 is 0 Å². The summed E-state index contributed by atoms with van der Waals surface area (Å²) in [6, 6.07) is 7.78. The number of likely N-dealkylation sites (tertiary alicyclic amines) is 1. The summed E-state index contributed by atoms with van der Waals surface area (Å²) in [5.41, 5.74) is 0.839. The molecule has 0 bridgehead atoms. The summed E-state index contributed by atoms with van der Waals surface area (Å²) in [7, 11) is 0. The highest BCUT2D eigenvalue weighted by molar-refractivity contribution is 14.1. The zero-order chi connectivity index (χ0) is 15.9. The minimum atomic E-state index is 0.0272. The van der Waals surface area contributed by atoms with E-state index in [2.05, 4.69) is 38.1 Å². The molecule has 1 aromatic carbocycles. The number of amides is 2. The molecule has 5 nitrogen and oxygen atoms in total. The van der Waals surface area contributed by atoms with Gasteiger partial charge in [-0.2, -0.15) is 0 Å². The molecule has 1 heterocycles. The molecular formula is C16H22IN3O2. The number of carbonyl (C=O) groups is 2. The molecule has 1 aliphatic rings. The van der Waals surface area contributed by atoms with Gasteiger partial charge in [-0.15, -0.1) is 0 Å². The first kappa shape index (κ1) is 17.2. The average Bonchev–Trinajstić information content (AvgIpc) is 2.49. The van der Waals surface area contributed by atoms with Crippen LogP contribution in [0.5, 0.6) is 0 Å². The van der Waals surface area contributed by atoms with Gasteiger partial charge in [-0.3, -0.25) is 14.5 Å². The zero-order valence-electron chi connectivity index (χ0n) is 12.8. The second kappa shape index (κ2) is 8.47. The lowest BCUT2D eigenvalue weighted by molar-refractivity contribution is -0.119. The lowest BCUT2D eigenvalue weighted by atomic mass is 9.97. The molecule has 1 aromatic rings. The van der Waals surface area contributed by atoms with E-state index in [0.717, 1.165) is 41.7 Å². The van der Waals surface area contributed by atoms with Crippen molar-refractivity contribution in [2.75, 3.05) is 31.5 Å². The fourth-order valence-electron chi connectivity index (χ4n) is 2.57. The van der Waals surface area contributed by atoms with E-state index in [1.54, 1.807) is 6.92 Å². The van der Waals surface area contributed by atoms with Crippen LogP contribution in [0.4, 0.5) is 5.69 Å². The number of carbonyl (C=O) groups excluding carboxylic acids is 2. The molecule has 0 atom stereocenters. The first-order chi connectivity index (χ1) is 10.5. The number of hydrogen-bond donors (Lipinski definition) is 2. The number of rotatable bonds is 5. The van der Waals surface area contributed by atoms with Gasteiger partial charge in [0.05, 0.1) is 6.54 Å². The van der Waals surface area contributed by atoms with E-state index in [4.69, 9.17) is 0 Å². The Hall–Kier alpha value is -1.15. The van der Waals surface area contributed by atoms with Gasteiger partial charge < -0.3 is 10.6 Å². The van der Waals surface area contributed by atoms with Gasteiger partial charge in [-0.1, -0.05) is 0 Å². The summed E-state index contributed by atoms with van der Waals surface area (Å²) >= 11 is 2.24. The number of halogens is 1. The third kappa shape index (κ3) is 5.92. The van der Waals surface area contributed by atoms with Crippen LogP contribution in [0.3, 0.4) is 0 Å². The maximum atomic E-state index is 12.1. The molecule has 1 saturated heterocycles. The maximum Gasteiger partial charge on any atom is 0.238 e. The highest BCUT2D eigenvalue weighted by Crippen LogP contribution is 2.16. The predicted octanol–water partition coefficient (Wildman–Crippen LogP) is 2.08. The van der Waals surface area contributed by atoms with Crippen molar-refractivity contribution in [3.63, 3.8) is 0 Å². The van der Waals surface area contributed by atoms with Crippen LogP contribution in [-0.4, -0.2) is 42.9 Å². The van der Waals surface area contributed by atoms with Gasteiger partial charge in [0, 0.05) is 22.7 Å². The summed E-state index contributed by atoms with van der Waals surface area (Å²) in [6.45, 7) is 4.54. The van der Waals surface area contributed by atoms with Crippen molar-refractivity contribution in [2.24, 2.45) is 5.92 Å². The van der Waals surface area contributed by atoms with Crippen LogP contribution in [0.25, 0.3) is 0 Å². The largest absolute Gasteiger partial charge is 0.356 e. The van der Waals surface area contributed by atoms with Crippen molar-refractivity contribution >= 4 is 40.1 Å². The minimum Gasteiger partial charge on any atom is -0.356 e. The molecule has 2 amide bonds. The number of hydrogen-bond acceptors (Lipinski definition) is 3. The van der Waals surface area contributed by atoms with Gasteiger partial charge in [-0.25, -0.2) is 0 Å². The predicted molar refractivity (Wildman–Crippen MR) is 95.6 cm³/mol. The quantitative estimate of drug-likeness (QED) is 0.725. The van der Waals surface area contributed by atoms with Gasteiger partial charge in [0.2, 0.25) is 11.8 Å². The third-order valence-corrected chi connectivity index (χ3v) is 4.56. The Morgan fingerprint density at radius 3 is 2.45 bits per heavy atom. The Balaban J connectivity index is 1.70. The van der Waals surface area contributed by atoms with Crippen LogP contribution in [-0.2, 0) is 9.59 Å². The normalized spacial score (nSPS) is 16.3. The Kier molecular flexibility index (Phi) is 6.63. The van der Waals surface area contributed by atoms with Crippen molar-refractivity contribution in [3.8, 4) is 0 Å². The molecule has 22 heavy (non-hydrogen) atoms. The molecular weight excluding hydrogens is 393 g/mol. The highest BCUT2D eigenvalue weighted by Gasteiger charge is 2.20. The number of anilines is 1.